The molecule has 0 saturated heterocycles. The van der Waals surface area contributed by atoms with E-state index in [-0.39, 0.29) is 34.3 Å². The van der Waals surface area contributed by atoms with Gasteiger partial charge in [0.25, 0.3) is 5.91 Å². The van der Waals surface area contributed by atoms with Crippen LogP contribution in [0.5, 0.6) is 11.5 Å². The van der Waals surface area contributed by atoms with Crippen LogP contribution in [0, 0.1) is 5.82 Å². The predicted octanol–water partition coefficient (Wildman–Crippen LogP) is 5.22. The molecule has 8 nitrogen and oxygen atoms in total. The highest BCUT2D eigenvalue weighted by atomic mass is 19.1. The highest BCUT2D eigenvalue weighted by Crippen LogP contribution is 2.42. The summed E-state index contributed by atoms with van der Waals surface area (Å²) in [5.41, 5.74) is 3.85. The van der Waals surface area contributed by atoms with E-state index in [1.807, 2.05) is 44.2 Å². The Labute approximate surface area is 232 Å². The highest BCUT2D eigenvalue weighted by molar-refractivity contribution is 6.02. The van der Waals surface area contributed by atoms with Crippen molar-refractivity contribution in [1.82, 2.24) is 15.8 Å². The van der Waals surface area contributed by atoms with Gasteiger partial charge in [0.15, 0.2) is 11.5 Å². The average Bonchev–Trinajstić information content (AvgIpc) is 3.38. The van der Waals surface area contributed by atoms with Gasteiger partial charge >= 0.3 is 0 Å². The molecule has 40 heavy (non-hydrogen) atoms. The number of aryl methyl sites for hydroxylation is 2. The van der Waals surface area contributed by atoms with Crippen LogP contribution < -0.4 is 10.6 Å². The number of nitrogens with zero attached hydrogens (tertiary/aromatic N) is 1. The SMILES string of the molecule is CCNC(=O)c1noc(-c2cc(CCc3cccc(F)c3)c(O)cc2O)c1-c1ccc(CNCCOCC)cc1. The molecule has 4 N–H and O–H groups in total. The number of hydrogen-bond donors (Lipinski definition) is 4. The summed E-state index contributed by atoms with van der Waals surface area (Å²) in [6.07, 6.45) is 0.864. The van der Waals surface area contributed by atoms with Crippen molar-refractivity contribution >= 4 is 5.91 Å². The van der Waals surface area contributed by atoms with Gasteiger partial charge in [-0.15, -0.1) is 0 Å². The molecule has 1 amide bonds. The van der Waals surface area contributed by atoms with E-state index >= 15 is 0 Å². The molecule has 0 spiro atoms. The zero-order valence-electron chi connectivity index (χ0n) is 22.7. The first-order valence-electron chi connectivity index (χ1n) is 13.4. The number of carbonyl (C=O) groups excluding carboxylic acids is 1. The molecule has 0 saturated carbocycles. The lowest BCUT2D eigenvalue weighted by Crippen LogP contribution is -2.23. The number of aromatic nitrogens is 1. The molecule has 0 bridgehead atoms. The third-order valence-corrected chi connectivity index (χ3v) is 6.46. The number of ether oxygens (including phenoxy) is 1. The van der Waals surface area contributed by atoms with E-state index in [1.54, 1.807) is 12.1 Å². The Hall–Kier alpha value is -4.21. The molecule has 1 heterocycles. The summed E-state index contributed by atoms with van der Waals surface area (Å²) in [7, 11) is 0. The predicted molar refractivity (Wildman–Crippen MR) is 151 cm³/mol. The Bertz CT molecular complexity index is 1440. The lowest BCUT2D eigenvalue weighted by molar-refractivity contribution is 0.0947. The van der Waals surface area contributed by atoms with Crippen molar-refractivity contribution in [2.75, 3.05) is 26.3 Å². The fraction of sp³-hybridized carbons (Fsp3) is 0.290. The van der Waals surface area contributed by atoms with Crippen molar-refractivity contribution in [3.63, 3.8) is 0 Å². The Kier molecular flexibility index (Phi) is 9.88. The summed E-state index contributed by atoms with van der Waals surface area (Å²) in [5, 5.41) is 31.5. The number of hydrogen-bond acceptors (Lipinski definition) is 7. The molecule has 9 heteroatoms. The summed E-state index contributed by atoms with van der Waals surface area (Å²) in [5.74, 6) is -0.845. The van der Waals surface area contributed by atoms with Crippen molar-refractivity contribution in [2.45, 2.75) is 33.2 Å². The maximum absolute atomic E-state index is 13.6. The number of benzene rings is 3. The van der Waals surface area contributed by atoms with E-state index < -0.39 is 5.91 Å². The van der Waals surface area contributed by atoms with Crippen LogP contribution >= 0.6 is 0 Å². The molecule has 0 aliphatic rings. The van der Waals surface area contributed by atoms with E-state index in [9.17, 15) is 19.4 Å². The summed E-state index contributed by atoms with van der Waals surface area (Å²) >= 11 is 0. The maximum Gasteiger partial charge on any atom is 0.274 e. The maximum atomic E-state index is 13.6. The number of halogens is 1. The van der Waals surface area contributed by atoms with Gasteiger partial charge in [-0.3, -0.25) is 4.79 Å². The molecule has 3 aromatic carbocycles. The summed E-state index contributed by atoms with van der Waals surface area (Å²) in [6, 6.07) is 16.8. The average molecular weight is 548 g/mol. The molecule has 0 aliphatic carbocycles. The zero-order valence-corrected chi connectivity index (χ0v) is 22.7. The molecule has 0 aliphatic heterocycles. The second-order valence-corrected chi connectivity index (χ2v) is 9.29. The van der Waals surface area contributed by atoms with Crippen molar-refractivity contribution < 1.29 is 28.7 Å². The first-order chi connectivity index (χ1) is 19.4. The standard InChI is InChI=1S/C31H34FN3O5/c1-3-34-31(38)29-28(22-11-9-21(10-12-22)19-33-14-15-39-4-2)30(40-35-29)25-17-23(26(36)18-27(25)37)13-8-20-6-5-7-24(32)16-20/h5-7,9-12,16-18,33,36-37H,3-4,8,13-15,19H2,1-2H3,(H,34,38). The van der Waals surface area contributed by atoms with Gasteiger partial charge in [-0.05, 0) is 67.1 Å². The molecular weight excluding hydrogens is 513 g/mol. The van der Waals surface area contributed by atoms with Gasteiger partial charge in [-0.2, -0.15) is 0 Å². The largest absolute Gasteiger partial charge is 0.508 e. The van der Waals surface area contributed by atoms with E-state index in [2.05, 4.69) is 15.8 Å². The van der Waals surface area contributed by atoms with Crippen molar-refractivity contribution in [3.8, 4) is 33.9 Å². The van der Waals surface area contributed by atoms with Crippen LogP contribution in [0.1, 0.15) is 41.0 Å². The number of phenolic OH excluding ortho intramolecular Hbond substituents is 2. The monoisotopic (exact) mass is 547 g/mol. The molecule has 0 atom stereocenters. The summed E-state index contributed by atoms with van der Waals surface area (Å²) in [4.78, 5) is 12.9. The molecule has 4 rings (SSSR count). The third-order valence-electron chi connectivity index (χ3n) is 6.46. The van der Waals surface area contributed by atoms with Crippen LogP contribution in [0.3, 0.4) is 0 Å². The van der Waals surface area contributed by atoms with Crippen LogP contribution in [0.4, 0.5) is 4.39 Å². The molecule has 1 aromatic heterocycles. The lowest BCUT2D eigenvalue weighted by atomic mass is 9.95. The Morgan fingerprint density at radius 2 is 1.80 bits per heavy atom. The summed E-state index contributed by atoms with van der Waals surface area (Å²) in [6.45, 7) is 6.86. The fourth-order valence-electron chi connectivity index (χ4n) is 4.43. The van der Waals surface area contributed by atoms with Crippen LogP contribution in [0.15, 0.2) is 65.2 Å². The van der Waals surface area contributed by atoms with Crippen LogP contribution in [0.2, 0.25) is 0 Å². The minimum Gasteiger partial charge on any atom is -0.508 e. The number of phenols is 2. The van der Waals surface area contributed by atoms with Crippen molar-refractivity contribution in [3.05, 3.63) is 88.9 Å². The van der Waals surface area contributed by atoms with Gasteiger partial charge < -0.3 is 30.1 Å². The number of amides is 1. The van der Waals surface area contributed by atoms with Gasteiger partial charge in [-0.25, -0.2) is 4.39 Å². The highest BCUT2D eigenvalue weighted by Gasteiger charge is 2.26. The molecule has 210 valence electrons. The third kappa shape index (κ3) is 7.05. The second kappa shape index (κ2) is 13.7. The minimum absolute atomic E-state index is 0.0909. The Morgan fingerprint density at radius 3 is 2.52 bits per heavy atom. The number of aromatic hydroxyl groups is 2. The normalized spacial score (nSPS) is 11.1. The zero-order chi connectivity index (χ0) is 28.5. The van der Waals surface area contributed by atoms with Crippen LogP contribution in [-0.4, -0.2) is 47.6 Å². The Morgan fingerprint density at radius 1 is 1.00 bits per heavy atom. The summed E-state index contributed by atoms with van der Waals surface area (Å²) < 4.78 is 24.6. The smallest absolute Gasteiger partial charge is 0.274 e. The molecule has 0 radical (unpaired) electrons. The van der Waals surface area contributed by atoms with Crippen molar-refractivity contribution in [2.24, 2.45) is 0 Å². The van der Waals surface area contributed by atoms with E-state index in [0.29, 0.717) is 55.8 Å². The van der Waals surface area contributed by atoms with E-state index in [0.717, 1.165) is 17.7 Å². The second-order valence-electron chi connectivity index (χ2n) is 9.29. The van der Waals surface area contributed by atoms with Gasteiger partial charge in [0.05, 0.1) is 17.7 Å². The topological polar surface area (TPSA) is 117 Å². The number of nitrogens with one attached hydrogen (secondary N) is 2. The first-order valence-corrected chi connectivity index (χ1v) is 13.4. The fourth-order valence-corrected chi connectivity index (χ4v) is 4.43. The van der Waals surface area contributed by atoms with Gasteiger partial charge in [0.1, 0.15) is 17.3 Å². The van der Waals surface area contributed by atoms with E-state index in [4.69, 9.17) is 9.26 Å². The van der Waals surface area contributed by atoms with Crippen LogP contribution in [0.25, 0.3) is 22.5 Å². The number of carbonyl (C=O) groups is 1. The molecule has 0 unspecified atom stereocenters. The minimum atomic E-state index is -0.404. The van der Waals surface area contributed by atoms with Gasteiger partial charge in [0, 0.05) is 32.3 Å². The molecule has 4 aromatic rings. The van der Waals surface area contributed by atoms with Gasteiger partial charge in [-0.1, -0.05) is 41.6 Å². The van der Waals surface area contributed by atoms with Crippen molar-refractivity contribution in [1.29, 1.82) is 0 Å². The Balaban J connectivity index is 1.66. The first kappa shape index (κ1) is 28.8. The van der Waals surface area contributed by atoms with E-state index in [1.165, 1.54) is 18.2 Å². The quantitative estimate of drug-likeness (QED) is 0.170. The molecular formula is C31H34FN3O5. The van der Waals surface area contributed by atoms with Gasteiger partial charge in [0.2, 0.25) is 0 Å². The molecule has 0 fully saturated rings. The lowest BCUT2D eigenvalue weighted by Gasteiger charge is -2.11. The van der Waals surface area contributed by atoms with Crippen LogP contribution in [-0.2, 0) is 24.1 Å². The number of rotatable bonds is 13.